The van der Waals surface area contributed by atoms with Crippen molar-refractivity contribution < 1.29 is 22.0 Å². The van der Waals surface area contributed by atoms with E-state index in [9.17, 15) is 22.0 Å². The second-order valence-corrected chi connectivity index (χ2v) is 4.62. The molecule has 21 heavy (non-hydrogen) atoms. The molecular weight excluding hydrogens is 313 g/mol. The molecule has 0 fully saturated rings. The number of nitrogens with one attached hydrogen (secondary N) is 1. The van der Waals surface area contributed by atoms with Crippen molar-refractivity contribution in [2.24, 2.45) is 0 Å². The van der Waals surface area contributed by atoms with E-state index >= 15 is 0 Å². The fraction of sp³-hybridized carbons (Fsp3) is 0.143. The van der Waals surface area contributed by atoms with Crippen molar-refractivity contribution in [3.8, 4) is 0 Å². The highest BCUT2D eigenvalue weighted by Crippen LogP contribution is 2.38. The van der Waals surface area contributed by atoms with Gasteiger partial charge in [0.15, 0.2) is 0 Å². The molecule has 0 aliphatic heterocycles. The fourth-order valence-corrected chi connectivity index (χ4v) is 2.06. The lowest BCUT2D eigenvalue weighted by Gasteiger charge is -2.16. The molecule has 2 aromatic rings. The van der Waals surface area contributed by atoms with E-state index in [-0.39, 0.29) is 10.6 Å². The molecule has 0 heterocycles. The van der Waals surface area contributed by atoms with Crippen LogP contribution < -0.4 is 5.32 Å². The van der Waals surface area contributed by atoms with E-state index in [2.05, 4.69) is 5.32 Å². The highest BCUT2D eigenvalue weighted by molar-refractivity contribution is 6.33. The Bertz CT molecular complexity index is 634. The van der Waals surface area contributed by atoms with Crippen LogP contribution in [0.5, 0.6) is 0 Å². The van der Waals surface area contributed by atoms with Crippen LogP contribution in [-0.2, 0) is 12.7 Å². The maximum absolute atomic E-state index is 13.5. The summed E-state index contributed by atoms with van der Waals surface area (Å²) in [4.78, 5) is 0. The first kappa shape index (κ1) is 15.6. The molecule has 0 saturated carbocycles. The summed E-state index contributed by atoms with van der Waals surface area (Å²) in [6.07, 6.45) is -4.62. The molecule has 0 aliphatic rings. The Morgan fingerprint density at radius 2 is 1.52 bits per heavy atom. The fourth-order valence-electron chi connectivity index (χ4n) is 1.82. The van der Waals surface area contributed by atoms with Gasteiger partial charge in [-0.2, -0.15) is 13.2 Å². The van der Waals surface area contributed by atoms with Gasteiger partial charge in [-0.3, -0.25) is 0 Å². The zero-order valence-corrected chi connectivity index (χ0v) is 11.2. The van der Waals surface area contributed by atoms with Gasteiger partial charge in [-0.25, -0.2) is 8.78 Å². The molecule has 112 valence electrons. The monoisotopic (exact) mass is 321 g/mol. The summed E-state index contributed by atoms with van der Waals surface area (Å²) in [5.74, 6) is -1.69. The number of hydrogen-bond donors (Lipinski definition) is 1. The number of benzene rings is 2. The first-order chi connectivity index (χ1) is 9.80. The molecule has 1 nitrogen and oxygen atoms in total. The van der Waals surface area contributed by atoms with Gasteiger partial charge in [-0.15, -0.1) is 0 Å². The minimum atomic E-state index is -4.62. The second-order valence-electron chi connectivity index (χ2n) is 4.21. The number of para-hydroxylation sites is 1. The van der Waals surface area contributed by atoms with E-state index in [0.717, 1.165) is 24.3 Å². The minimum Gasteiger partial charge on any atom is -0.379 e. The molecule has 0 radical (unpaired) electrons. The largest absolute Gasteiger partial charge is 0.418 e. The highest BCUT2D eigenvalue weighted by Gasteiger charge is 2.34. The van der Waals surface area contributed by atoms with Crippen LogP contribution in [0.1, 0.15) is 11.1 Å². The van der Waals surface area contributed by atoms with Crippen LogP contribution in [0.25, 0.3) is 0 Å². The predicted octanol–water partition coefficient (Wildman–Crippen LogP) is 5.25. The van der Waals surface area contributed by atoms with E-state index in [1.807, 2.05) is 0 Å². The molecular formula is C14H9ClF5N. The van der Waals surface area contributed by atoms with Gasteiger partial charge in [-0.05, 0) is 24.3 Å². The normalized spacial score (nSPS) is 11.5. The van der Waals surface area contributed by atoms with Crippen molar-refractivity contribution in [2.45, 2.75) is 12.7 Å². The number of rotatable bonds is 3. The predicted molar refractivity (Wildman–Crippen MR) is 70.1 cm³/mol. The zero-order chi connectivity index (χ0) is 15.6. The van der Waals surface area contributed by atoms with Gasteiger partial charge in [0.1, 0.15) is 11.6 Å². The van der Waals surface area contributed by atoms with Crippen molar-refractivity contribution in [1.82, 2.24) is 0 Å². The Morgan fingerprint density at radius 1 is 0.952 bits per heavy atom. The Balaban J connectivity index is 2.33. The third-order valence-electron chi connectivity index (χ3n) is 2.82. The molecule has 1 N–H and O–H groups in total. The Kier molecular flexibility index (Phi) is 4.37. The van der Waals surface area contributed by atoms with Crippen molar-refractivity contribution >= 4 is 17.3 Å². The van der Waals surface area contributed by atoms with Crippen molar-refractivity contribution in [2.75, 3.05) is 5.32 Å². The first-order valence-electron chi connectivity index (χ1n) is 5.83. The number of anilines is 1. The van der Waals surface area contributed by atoms with E-state index in [4.69, 9.17) is 11.6 Å². The molecule has 0 aliphatic carbocycles. The van der Waals surface area contributed by atoms with E-state index in [1.165, 1.54) is 12.1 Å². The Labute approximate surface area is 122 Å². The van der Waals surface area contributed by atoms with Gasteiger partial charge < -0.3 is 5.32 Å². The lowest BCUT2D eigenvalue weighted by molar-refractivity contribution is -0.136. The molecule has 0 bridgehead atoms. The number of hydrogen-bond acceptors (Lipinski definition) is 1. The lowest BCUT2D eigenvalue weighted by atomic mass is 10.1. The van der Waals surface area contributed by atoms with Crippen LogP contribution in [0.15, 0.2) is 36.4 Å². The smallest absolute Gasteiger partial charge is 0.379 e. The van der Waals surface area contributed by atoms with Gasteiger partial charge in [0.2, 0.25) is 0 Å². The quantitative estimate of drug-likeness (QED) is 0.761. The second kappa shape index (κ2) is 5.89. The third kappa shape index (κ3) is 3.44. The first-order valence-corrected chi connectivity index (χ1v) is 6.21. The van der Waals surface area contributed by atoms with Gasteiger partial charge in [0.05, 0.1) is 16.3 Å². The van der Waals surface area contributed by atoms with Crippen LogP contribution in [0.2, 0.25) is 5.02 Å². The van der Waals surface area contributed by atoms with Gasteiger partial charge in [0.25, 0.3) is 0 Å². The van der Waals surface area contributed by atoms with Crippen LogP contribution >= 0.6 is 11.6 Å². The van der Waals surface area contributed by atoms with Crippen LogP contribution in [0.3, 0.4) is 0 Å². The highest BCUT2D eigenvalue weighted by atomic mass is 35.5. The molecule has 0 aromatic heterocycles. The summed E-state index contributed by atoms with van der Waals surface area (Å²) in [5.41, 5.74) is -1.76. The van der Waals surface area contributed by atoms with Gasteiger partial charge >= 0.3 is 6.18 Å². The molecule has 0 atom stereocenters. The molecule has 0 unspecified atom stereocenters. The Hall–Kier alpha value is -1.82. The third-order valence-corrected chi connectivity index (χ3v) is 3.14. The standard InChI is InChI=1S/C14H9ClF5N/c15-10-4-1-3-9(14(18,19)20)13(10)21-7-8-11(16)5-2-6-12(8)17/h1-6,21H,7H2. The summed E-state index contributed by atoms with van der Waals surface area (Å²) in [7, 11) is 0. The summed E-state index contributed by atoms with van der Waals surface area (Å²) in [6, 6.07) is 6.47. The summed E-state index contributed by atoms with van der Waals surface area (Å²) in [6.45, 7) is -0.453. The maximum atomic E-state index is 13.5. The summed E-state index contributed by atoms with van der Waals surface area (Å²) >= 11 is 5.73. The molecule has 7 heteroatoms. The van der Waals surface area contributed by atoms with Crippen molar-refractivity contribution in [3.63, 3.8) is 0 Å². The van der Waals surface area contributed by atoms with Crippen LogP contribution in [0.4, 0.5) is 27.6 Å². The van der Waals surface area contributed by atoms with Gasteiger partial charge in [-0.1, -0.05) is 23.7 Å². The van der Waals surface area contributed by atoms with Crippen molar-refractivity contribution in [3.05, 3.63) is 64.2 Å². The van der Waals surface area contributed by atoms with E-state index in [1.54, 1.807) is 0 Å². The summed E-state index contributed by atoms with van der Waals surface area (Å²) < 4.78 is 65.5. The zero-order valence-electron chi connectivity index (χ0n) is 10.4. The van der Waals surface area contributed by atoms with Crippen molar-refractivity contribution in [1.29, 1.82) is 0 Å². The molecule has 2 rings (SSSR count). The molecule has 0 spiro atoms. The maximum Gasteiger partial charge on any atom is 0.418 e. The average molecular weight is 322 g/mol. The topological polar surface area (TPSA) is 12.0 Å². The average Bonchev–Trinajstić information content (AvgIpc) is 2.38. The van der Waals surface area contributed by atoms with E-state index in [0.29, 0.717) is 0 Å². The molecule has 0 saturated heterocycles. The Morgan fingerprint density at radius 3 is 2.10 bits per heavy atom. The number of halogens is 6. The van der Waals surface area contributed by atoms with Gasteiger partial charge in [0, 0.05) is 12.1 Å². The van der Waals surface area contributed by atoms with Crippen LogP contribution in [-0.4, -0.2) is 0 Å². The minimum absolute atomic E-state index is 0.179. The van der Waals surface area contributed by atoms with Crippen LogP contribution in [0, 0.1) is 11.6 Å². The SMILES string of the molecule is Fc1cccc(F)c1CNc1c(Cl)cccc1C(F)(F)F. The lowest BCUT2D eigenvalue weighted by Crippen LogP contribution is -2.12. The molecule has 2 aromatic carbocycles. The molecule has 0 amide bonds. The van der Waals surface area contributed by atoms with E-state index < -0.39 is 35.6 Å². The summed E-state index contributed by atoms with van der Waals surface area (Å²) in [5, 5.41) is 2.17. The number of alkyl halides is 3.